The van der Waals surface area contributed by atoms with E-state index < -0.39 is 57.8 Å². The summed E-state index contributed by atoms with van der Waals surface area (Å²) in [7, 11) is -4.76. The van der Waals surface area contributed by atoms with Gasteiger partial charge in [-0.15, -0.1) is 0 Å². The Balaban J connectivity index is 4.76. The van der Waals surface area contributed by atoms with Crippen LogP contribution in [0.3, 0.4) is 0 Å². The summed E-state index contributed by atoms with van der Waals surface area (Å²) in [5, 5.41) is 9.80. The summed E-state index contributed by atoms with van der Waals surface area (Å²) in [5.41, 5.74) is 0. The van der Waals surface area contributed by atoms with Crippen molar-refractivity contribution < 1.29 is 52.2 Å². The summed E-state index contributed by atoms with van der Waals surface area (Å²) in [6.45, 7) is 4.44. The molecule has 0 aromatic carbocycles. The van der Waals surface area contributed by atoms with Crippen LogP contribution in [0.2, 0.25) is 0 Å². The Hall–Kier alpha value is -3.34. The second-order valence-electron chi connectivity index (χ2n) is 19.4. The normalized spacial score (nSPS) is 14.0. The summed E-state index contributed by atoms with van der Waals surface area (Å²) in [5.74, 6) is -1.50. The molecule has 3 unspecified atom stereocenters. The first kappa shape index (κ1) is 70.7. The van der Waals surface area contributed by atoms with Crippen molar-refractivity contribution >= 4 is 25.7 Å². The molecular formula is C62H107O11P. The van der Waals surface area contributed by atoms with Gasteiger partial charge in [-0.2, -0.15) is 0 Å². The molecule has 0 aliphatic heterocycles. The number of unbranched alkanes of at least 4 members (excludes halogenated alkanes) is 23. The van der Waals surface area contributed by atoms with Gasteiger partial charge in [0.1, 0.15) is 12.7 Å². The number of phosphoric acid groups is 1. The summed E-state index contributed by atoms with van der Waals surface area (Å²) < 4.78 is 39.5. The van der Waals surface area contributed by atoms with E-state index >= 15 is 0 Å². The number of hydrogen-bond donors (Lipinski definition) is 2. The van der Waals surface area contributed by atoms with Crippen molar-refractivity contribution in [2.45, 2.75) is 264 Å². The second kappa shape index (κ2) is 55.9. The van der Waals surface area contributed by atoms with E-state index in [2.05, 4.69) is 106 Å². The van der Waals surface area contributed by atoms with Crippen LogP contribution in [0.4, 0.5) is 0 Å². The van der Waals surface area contributed by atoms with Crippen LogP contribution in [-0.4, -0.2) is 66.5 Å². The molecule has 0 aliphatic rings. The number of aliphatic hydroxyl groups excluding tert-OH is 1. The minimum absolute atomic E-state index is 0.150. The number of allylic oxidation sites excluding steroid dienone is 14. The fraction of sp³-hybridized carbons (Fsp3) is 0.726. The van der Waals surface area contributed by atoms with Crippen molar-refractivity contribution in [3.05, 3.63) is 85.1 Å². The molecule has 0 fully saturated rings. The van der Waals surface area contributed by atoms with Gasteiger partial charge in [0.2, 0.25) is 0 Å². The molecule has 0 bridgehead atoms. The first-order chi connectivity index (χ1) is 36.2. The molecule has 0 heterocycles. The number of phosphoric ester groups is 1. The Bertz CT molecular complexity index is 1560. The van der Waals surface area contributed by atoms with Crippen molar-refractivity contribution in [1.29, 1.82) is 0 Å². The van der Waals surface area contributed by atoms with Crippen LogP contribution in [0, 0.1) is 0 Å². The molecule has 74 heavy (non-hydrogen) atoms. The van der Waals surface area contributed by atoms with Gasteiger partial charge in [0, 0.05) is 19.3 Å². The summed E-state index contributed by atoms with van der Waals surface area (Å²) in [6, 6.07) is 0. The third-order valence-electron chi connectivity index (χ3n) is 12.3. The molecular weight excluding hydrogens is 952 g/mol. The lowest BCUT2D eigenvalue weighted by Gasteiger charge is -2.21. The SMILES string of the molecule is CC/C=C\C/C=C\C/C=C\CCCCCCCCCC(=O)OC(COC(=O)CCCCCCCC/C=C\C/C=C\C/C=C\CCCCC)COP(=O)(O)OCC(CO)OC(=O)CCCCCCC/C=C\CCCC. The lowest BCUT2D eigenvalue weighted by atomic mass is 10.1. The predicted molar refractivity (Wildman–Crippen MR) is 307 cm³/mol. The van der Waals surface area contributed by atoms with E-state index in [4.69, 9.17) is 23.3 Å². The largest absolute Gasteiger partial charge is 0.472 e. The highest BCUT2D eigenvalue weighted by Crippen LogP contribution is 2.43. The molecule has 0 saturated heterocycles. The molecule has 0 radical (unpaired) electrons. The number of rotatable bonds is 54. The van der Waals surface area contributed by atoms with Crippen molar-refractivity contribution in [2.75, 3.05) is 26.4 Å². The van der Waals surface area contributed by atoms with Gasteiger partial charge >= 0.3 is 25.7 Å². The van der Waals surface area contributed by atoms with Crippen LogP contribution >= 0.6 is 7.82 Å². The standard InChI is InChI=1S/C62H107O11P/c1-4-7-10-13-16-19-22-24-26-28-29-31-32-34-37-39-42-45-48-51-60(64)69-55-59(73-62(66)53-50-47-44-41-38-35-33-30-27-25-23-20-17-14-11-8-5-2)57-71-74(67,68)70-56-58(54-63)72-61(65)52-49-46-43-40-36-21-18-15-12-9-6-3/h8,11,15-20,24-27,29,31,58-59,63H,4-7,9-10,12-14,21-23,28,30,32-57H2,1-3H3,(H,67,68)/b11-8-,18-15-,19-16-,20-17-,26-24-,27-25-,31-29-. The molecule has 0 aliphatic carbocycles. The third kappa shape index (κ3) is 53.5. The molecule has 0 aromatic heterocycles. The Labute approximate surface area is 451 Å². The van der Waals surface area contributed by atoms with Crippen LogP contribution in [-0.2, 0) is 42.2 Å². The van der Waals surface area contributed by atoms with Crippen molar-refractivity contribution in [2.24, 2.45) is 0 Å². The minimum Gasteiger partial charge on any atom is -0.462 e. The molecule has 426 valence electrons. The summed E-state index contributed by atoms with van der Waals surface area (Å²) in [6.07, 6.45) is 63.9. The second-order valence-corrected chi connectivity index (χ2v) is 20.9. The molecule has 0 spiro atoms. The topological polar surface area (TPSA) is 155 Å². The predicted octanol–water partition coefficient (Wildman–Crippen LogP) is 17.5. The van der Waals surface area contributed by atoms with Gasteiger partial charge in [0.15, 0.2) is 6.10 Å². The molecule has 11 nitrogen and oxygen atoms in total. The number of hydrogen-bond acceptors (Lipinski definition) is 10. The molecule has 0 rings (SSSR count). The van der Waals surface area contributed by atoms with Crippen molar-refractivity contribution in [3.8, 4) is 0 Å². The van der Waals surface area contributed by atoms with E-state index in [0.29, 0.717) is 19.3 Å². The maximum atomic E-state index is 12.9. The fourth-order valence-corrected chi connectivity index (χ4v) is 8.55. The molecule has 3 atom stereocenters. The summed E-state index contributed by atoms with van der Waals surface area (Å²) >= 11 is 0. The number of carbonyl (C=O) groups is 3. The Kier molecular flexibility index (Phi) is 53.4. The highest BCUT2D eigenvalue weighted by molar-refractivity contribution is 7.47. The average Bonchev–Trinajstić information content (AvgIpc) is 3.39. The zero-order valence-electron chi connectivity index (χ0n) is 47.0. The van der Waals surface area contributed by atoms with Gasteiger partial charge < -0.3 is 24.2 Å². The van der Waals surface area contributed by atoms with E-state index in [0.717, 1.165) is 148 Å². The van der Waals surface area contributed by atoms with Crippen LogP contribution < -0.4 is 0 Å². The maximum Gasteiger partial charge on any atom is 0.472 e. The summed E-state index contributed by atoms with van der Waals surface area (Å²) in [4.78, 5) is 48.5. The van der Waals surface area contributed by atoms with Gasteiger partial charge in [0.25, 0.3) is 0 Å². The number of esters is 3. The highest BCUT2D eigenvalue weighted by atomic mass is 31.2. The Morgan fingerprint density at radius 3 is 1.14 bits per heavy atom. The van der Waals surface area contributed by atoms with Gasteiger partial charge in [-0.25, -0.2) is 4.57 Å². The van der Waals surface area contributed by atoms with Gasteiger partial charge in [-0.1, -0.05) is 209 Å². The molecule has 0 aromatic rings. The van der Waals surface area contributed by atoms with E-state index in [1.54, 1.807) is 0 Å². The van der Waals surface area contributed by atoms with Crippen LogP contribution in [0.5, 0.6) is 0 Å². The smallest absolute Gasteiger partial charge is 0.462 e. The Morgan fingerprint density at radius 2 is 0.716 bits per heavy atom. The van der Waals surface area contributed by atoms with Crippen LogP contribution in [0.15, 0.2) is 85.1 Å². The first-order valence-corrected chi connectivity index (χ1v) is 31.0. The molecule has 2 N–H and O–H groups in total. The van der Waals surface area contributed by atoms with Crippen molar-refractivity contribution in [1.82, 2.24) is 0 Å². The zero-order chi connectivity index (χ0) is 54.1. The van der Waals surface area contributed by atoms with E-state index in [9.17, 15) is 28.9 Å². The maximum absolute atomic E-state index is 12.9. The lowest BCUT2D eigenvalue weighted by molar-refractivity contribution is -0.161. The Morgan fingerprint density at radius 1 is 0.392 bits per heavy atom. The van der Waals surface area contributed by atoms with Crippen molar-refractivity contribution in [3.63, 3.8) is 0 Å². The third-order valence-corrected chi connectivity index (χ3v) is 13.2. The lowest BCUT2D eigenvalue weighted by Crippen LogP contribution is -2.30. The molecule has 12 heteroatoms. The quantitative estimate of drug-likeness (QED) is 0.0197. The van der Waals surface area contributed by atoms with Crippen LogP contribution in [0.25, 0.3) is 0 Å². The van der Waals surface area contributed by atoms with E-state index in [-0.39, 0.29) is 25.9 Å². The van der Waals surface area contributed by atoms with Gasteiger partial charge in [0.05, 0.1) is 19.8 Å². The molecule has 0 saturated carbocycles. The monoisotopic (exact) mass is 1060 g/mol. The average molecular weight is 1060 g/mol. The molecule has 0 amide bonds. The fourth-order valence-electron chi connectivity index (χ4n) is 7.77. The first-order valence-electron chi connectivity index (χ1n) is 29.5. The van der Waals surface area contributed by atoms with E-state index in [1.807, 2.05) is 0 Å². The van der Waals surface area contributed by atoms with Gasteiger partial charge in [-0.05, 0) is 109 Å². The zero-order valence-corrected chi connectivity index (χ0v) is 47.9. The number of aliphatic hydroxyl groups is 1. The highest BCUT2D eigenvalue weighted by Gasteiger charge is 2.28. The number of carbonyl (C=O) groups excluding carboxylic acids is 3. The van der Waals surface area contributed by atoms with E-state index in [1.165, 1.54) is 44.9 Å². The number of ether oxygens (including phenoxy) is 3. The van der Waals surface area contributed by atoms with Gasteiger partial charge in [-0.3, -0.25) is 23.4 Å². The minimum atomic E-state index is -4.76. The van der Waals surface area contributed by atoms with Crippen LogP contribution in [0.1, 0.15) is 252 Å².